The quantitative estimate of drug-likeness (QED) is 0.394. The van der Waals surface area contributed by atoms with Crippen LogP contribution in [0.25, 0.3) is 0 Å². The largest absolute Gasteiger partial charge is 0.456 e. The lowest BCUT2D eigenvalue weighted by Gasteiger charge is -2.21. The molecule has 182 valence electrons. The first kappa shape index (κ1) is 26.0. The van der Waals surface area contributed by atoms with Crippen molar-refractivity contribution in [3.8, 4) is 17.6 Å². The number of carbonyl (C=O) groups excluding carboxylic acids is 1. The van der Waals surface area contributed by atoms with Crippen molar-refractivity contribution in [1.82, 2.24) is 4.98 Å². The zero-order chi connectivity index (χ0) is 25.8. The molecule has 1 amide bonds. The predicted octanol–water partition coefficient (Wildman–Crippen LogP) is 5.11. The number of nitrogens with two attached hydrogens (primary N) is 1. The molecule has 1 heterocycles. The van der Waals surface area contributed by atoms with Crippen LogP contribution in [0.3, 0.4) is 0 Å². The number of carbonyl (C=O) groups is 1. The number of rotatable bonds is 8. The summed E-state index contributed by atoms with van der Waals surface area (Å²) in [5, 5.41) is 9.04. The number of nitrogens with zero attached hydrogens (tertiary/aromatic N) is 3. The lowest BCUT2D eigenvalue weighted by Crippen LogP contribution is -2.19. The van der Waals surface area contributed by atoms with Gasteiger partial charge in [-0.3, -0.25) is 14.3 Å². The number of aryl methyl sites for hydroxylation is 1. The molecule has 35 heavy (non-hydrogen) atoms. The van der Waals surface area contributed by atoms with Gasteiger partial charge in [0.25, 0.3) is 11.3 Å². The van der Waals surface area contributed by atoms with E-state index in [-0.39, 0.29) is 34.9 Å². The maximum atomic E-state index is 13.1. The van der Waals surface area contributed by atoms with E-state index >= 15 is 0 Å². The normalized spacial score (nSPS) is 12.0. The lowest BCUT2D eigenvalue weighted by atomic mass is 10.1. The summed E-state index contributed by atoms with van der Waals surface area (Å²) in [6, 6.07) is 11.7. The Bertz CT molecular complexity index is 1310. The first-order valence-electron chi connectivity index (χ1n) is 9.72. The maximum Gasteiger partial charge on any atom is 0.417 e. The third-order valence-electron chi connectivity index (χ3n) is 4.62. The fourth-order valence-corrected chi connectivity index (χ4v) is 3.81. The van der Waals surface area contributed by atoms with E-state index in [1.807, 2.05) is 6.07 Å². The molecule has 3 aromatic rings. The summed E-state index contributed by atoms with van der Waals surface area (Å²) in [6.45, 7) is 0. The second-order valence-corrected chi connectivity index (χ2v) is 8.27. The smallest absolute Gasteiger partial charge is 0.417 e. The number of halogens is 4. The highest BCUT2D eigenvalue weighted by molar-refractivity contribution is 7.81. The van der Waals surface area contributed by atoms with Gasteiger partial charge >= 0.3 is 6.18 Å². The van der Waals surface area contributed by atoms with Crippen LogP contribution in [0.15, 0.2) is 54.7 Å². The van der Waals surface area contributed by atoms with Gasteiger partial charge < -0.3 is 10.5 Å². The molecule has 0 fully saturated rings. The number of hydrogen-bond donors (Lipinski definition) is 2. The number of alkyl halides is 3. The summed E-state index contributed by atoms with van der Waals surface area (Å²) in [5.41, 5.74) is 4.78. The molecule has 1 unspecified atom stereocenters. The number of ether oxygens (including phenoxy) is 1. The number of anilines is 2. The lowest BCUT2D eigenvalue weighted by molar-refractivity contribution is -0.137. The number of amides is 1. The first-order chi connectivity index (χ1) is 16.5. The van der Waals surface area contributed by atoms with Crippen LogP contribution in [0.2, 0.25) is 5.02 Å². The molecule has 8 nitrogen and oxygen atoms in total. The van der Waals surface area contributed by atoms with Crippen LogP contribution in [0.5, 0.6) is 11.5 Å². The number of nitriles is 1. The fraction of sp³-hybridized carbons (Fsp3) is 0.136. The van der Waals surface area contributed by atoms with Crippen LogP contribution in [0, 0.1) is 11.3 Å². The van der Waals surface area contributed by atoms with Crippen LogP contribution < -0.4 is 14.8 Å². The predicted molar refractivity (Wildman–Crippen MR) is 122 cm³/mol. The van der Waals surface area contributed by atoms with E-state index in [0.29, 0.717) is 18.2 Å². The summed E-state index contributed by atoms with van der Waals surface area (Å²) >= 11 is 3.05. The molecule has 13 heteroatoms. The topological polar surface area (TPSA) is 130 Å². The number of benzene rings is 2. The molecule has 0 bridgehead atoms. The van der Waals surface area contributed by atoms with Crippen LogP contribution >= 0.6 is 11.6 Å². The molecule has 1 atom stereocenters. The summed E-state index contributed by atoms with van der Waals surface area (Å²) in [7, 11) is 0. The third kappa shape index (κ3) is 6.48. The van der Waals surface area contributed by atoms with Gasteiger partial charge in [-0.25, -0.2) is 8.51 Å². The summed E-state index contributed by atoms with van der Waals surface area (Å²) in [6.07, 6.45) is -3.00. The highest BCUT2D eigenvalue weighted by Gasteiger charge is 2.33. The minimum Gasteiger partial charge on any atom is -0.456 e. The van der Waals surface area contributed by atoms with E-state index in [4.69, 9.17) is 22.1 Å². The Morgan fingerprint density at radius 2 is 1.91 bits per heavy atom. The molecule has 3 N–H and O–H groups in total. The van der Waals surface area contributed by atoms with Crippen molar-refractivity contribution in [2.24, 2.45) is 5.73 Å². The van der Waals surface area contributed by atoms with Gasteiger partial charge in [-0.05, 0) is 55.0 Å². The van der Waals surface area contributed by atoms with Crippen molar-refractivity contribution in [2.45, 2.75) is 19.0 Å². The molecule has 0 saturated carbocycles. The van der Waals surface area contributed by atoms with Gasteiger partial charge in [0.2, 0.25) is 5.91 Å². The Balaban J connectivity index is 1.90. The van der Waals surface area contributed by atoms with E-state index in [1.54, 1.807) is 6.07 Å². The zero-order valence-corrected chi connectivity index (χ0v) is 19.2. The zero-order valence-electron chi connectivity index (χ0n) is 17.6. The van der Waals surface area contributed by atoms with Crippen LogP contribution in [-0.2, 0) is 28.7 Å². The van der Waals surface area contributed by atoms with Crippen LogP contribution in [0.1, 0.15) is 23.2 Å². The van der Waals surface area contributed by atoms with E-state index < -0.39 is 33.9 Å². The second-order valence-electron chi connectivity index (χ2n) is 7.03. The second kappa shape index (κ2) is 10.7. The van der Waals surface area contributed by atoms with E-state index in [1.165, 1.54) is 36.5 Å². The minimum atomic E-state index is -4.70. The Morgan fingerprint density at radius 3 is 2.49 bits per heavy atom. The highest BCUT2D eigenvalue weighted by Crippen LogP contribution is 2.39. The first-order valence-corrected chi connectivity index (χ1v) is 11.2. The van der Waals surface area contributed by atoms with Crippen molar-refractivity contribution in [3.05, 3.63) is 76.6 Å². The van der Waals surface area contributed by atoms with Crippen molar-refractivity contribution in [3.63, 3.8) is 0 Å². The average molecular weight is 525 g/mol. The van der Waals surface area contributed by atoms with E-state index in [2.05, 4.69) is 4.98 Å². The van der Waals surface area contributed by atoms with Crippen LogP contribution in [-0.4, -0.2) is 19.7 Å². The number of aromatic nitrogens is 1. The Hall–Kier alpha value is -3.66. The molecular weight excluding hydrogens is 509 g/mol. The van der Waals surface area contributed by atoms with Crippen molar-refractivity contribution < 1.29 is 31.5 Å². The van der Waals surface area contributed by atoms with Crippen molar-refractivity contribution in [1.29, 1.82) is 5.26 Å². The number of pyridine rings is 1. The Labute approximate surface area is 205 Å². The van der Waals surface area contributed by atoms with Gasteiger partial charge in [0.05, 0.1) is 33.7 Å². The molecular formula is C22H16ClF3N4O4S. The third-order valence-corrected chi connectivity index (χ3v) is 5.68. The average Bonchev–Trinajstić information content (AvgIpc) is 2.79. The molecule has 0 aliphatic carbocycles. The molecule has 3 rings (SSSR count). The van der Waals surface area contributed by atoms with Crippen LogP contribution in [0.4, 0.5) is 24.5 Å². The molecule has 0 saturated heterocycles. The SMILES string of the molecule is N#Cc1cc(N(c2ccc(CCC(N)=O)nc2)S(=O)O)ccc1Oc1ccc(Cl)c(C(F)(F)F)c1. The van der Waals surface area contributed by atoms with E-state index in [9.17, 15) is 32.0 Å². The maximum absolute atomic E-state index is 13.1. The highest BCUT2D eigenvalue weighted by atomic mass is 35.5. The molecule has 0 radical (unpaired) electrons. The molecule has 0 aliphatic rings. The van der Waals surface area contributed by atoms with E-state index in [0.717, 1.165) is 10.4 Å². The summed E-state index contributed by atoms with van der Waals surface area (Å²) < 4.78 is 67.7. The van der Waals surface area contributed by atoms with Gasteiger partial charge in [0.15, 0.2) is 0 Å². The summed E-state index contributed by atoms with van der Waals surface area (Å²) in [4.78, 5) is 15.1. The minimum absolute atomic E-state index is 0.0738. The monoisotopic (exact) mass is 524 g/mol. The molecule has 1 aromatic heterocycles. The molecule has 0 spiro atoms. The molecule has 0 aliphatic heterocycles. The van der Waals surface area contributed by atoms with Crippen molar-refractivity contribution >= 4 is 40.1 Å². The standard InChI is InChI=1S/C22H16ClF3N4O4S/c23-19-6-5-17(10-18(19)22(24,25)26)34-20-7-4-15(9-13(20)11-27)30(35(32)33)16-3-1-14(29-12-16)2-8-21(28)31/h1,3-7,9-10,12H,2,8H2,(H2,28,31)(H,32,33). The number of primary amides is 1. The molecule has 2 aromatic carbocycles. The summed E-state index contributed by atoms with van der Waals surface area (Å²) in [5.74, 6) is -0.770. The Morgan fingerprint density at radius 1 is 1.20 bits per heavy atom. The van der Waals surface area contributed by atoms with Gasteiger partial charge in [0.1, 0.15) is 17.6 Å². The van der Waals surface area contributed by atoms with Gasteiger partial charge in [-0.2, -0.15) is 18.4 Å². The fourth-order valence-electron chi connectivity index (χ4n) is 3.00. The van der Waals surface area contributed by atoms with Gasteiger partial charge in [-0.1, -0.05) is 11.6 Å². The Kier molecular flexibility index (Phi) is 7.96. The van der Waals surface area contributed by atoms with Gasteiger partial charge in [-0.15, -0.1) is 0 Å². The number of hydrogen-bond acceptors (Lipinski definition) is 5. The van der Waals surface area contributed by atoms with Gasteiger partial charge in [0, 0.05) is 12.1 Å². The van der Waals surface area contributed by atoms with Crippen molar-refractivity contribution in [2.75, 3.05) is 4.31 Å².